The van der Waals surface area contributed by atoms with E-state index >= 15 is 0 Å². The molecule has 8 heteroatoms. The molecule has 3 aliphatic heterocycles. The minimum Gasteiger partial charge on any atom is -0.462 e. The number of unbranched alkanes of at least 4 members (excludes halogenated alkanes) is 2. The summed E-state index contributed by atoms with van der Waals surface area (Å²) in [7, 11) is 2.18. The molecule has 3 aromatic rings. The number of rotatable bonds is 10. The molecule has 3 aliphatic rings. The van der Waals surface area contributed by atoms with E-state index in [0.717, 1.165) is 70.2 Å². The van der Waals surface area contributed by atoms with Gasteiger partial charge < -0.3 is 19.4 Å². The number of ether oxygens (including phenoxy) is 1. The Labute approximate surface area is 250 Å². The van der Waals surface area contributed by atoms with E-state index in [0.29, 0.717) is 25.1 Å². The van der Waals surface area contributed by atoms with E-state index in [9.17, 15) is 5.26 Å². The average molecular weight is 568 g/mol. The zero-order valence-corrected chi connectivity index (χ0v) is 25.3. The Kier molecular flexibility index (Phi) is 9.07. The molecule has 42 heavy (non-hydrogen) atoms. The molecule has 2 atom stereocenters. The number of anilines is 2. The Hall–Kier alpha value is -3.41. The molecule has 0 saturated carbocycles. The summed E-state index contributed by atoms with van der Waals surface area (Å²) >= 11 is 0. The van der Waals surface area contributed by atoms with Gasteiger partial charge in [-0.15, -0.1) is 0 Å². The molecule has 0 N–H and O–H groups in total. The van der Waals surface area contributed by atoms with Gasteiger partial charge in [-0.25, -0.2) is 0 Å². The molecule has 0 bridgehead atoms. The molecule has 2 aromatic carbocycles. The first-order valence-electron chi connectivity index (χ1n) is 16.0. The Morgan fingerprint density at radius 2 is 1.86 bits per heavy atom. The topological polar surface area (TPSA) is 71.8 Å². The van der Waals surface area contributed by atoms with Crippen LogP contribution in [0.25, 0.3) is 10.8 Å². The Morgan fingerprint density at radius 1 is 0.976 bits per heavy atom. The highest BCUT2D eigenvalue weighted by atomic mass is 16.5. The predicted octanol–water partition coefficient (Wildman–Crippen LogP) is 5.26. The van der Waals surface area contributed by atoms with Crippen molar-refractivity contribution in [1.82, 2.24) is 19.8 Å². The number of nitrogens with zero attached hydrogens (tertiary/aromatic N) is 7. The first kappa shape index (κ1) is 28.7. The zero-order chi connectivity index (χ0) is 28.9. The quantitative estimate of drug-likeness (QED) is 0.307. The van der Waals surface area contributed by atoms with Crippen LogP contribution in [-0.4, -0.2) is 84.8 Å². The van der Waals surface area contributed by atoms with E-state index in [1.54, 1.807) is 0 Å². The molecule has 0 aliphatic carbocycles. The third-order valence-electron chi connectivity index (χ3n) is 9.49. The number of fused-ring (bicyclic) bond motifs is 2. The number of likely N-dealkylation sites (N-methyl/N-ethyl adjacent to an activating group) is 1. The van der Waals surface area contributed by atoms with Crippen molar-refractivity contribution < 1.29 is 4.74 Å². The lowest BCUT2D eigenvalue weighted by Crippen LogP contribution is -2.54. The molecule has 2 unspecified atom stereocenters. The van der Waals surface area contributed by atoms with Crippen LogP contribution in [0.2, 0.25) is 0 Å². The van der Waals surface area contributed by atoms with Gasteiger partial charge in [0.1, 0.15) is 12.4 Å². The maximum absolute atomic E-state index is 9.66. The molecule has 1 aromatic heterocycles. The van der Waals surface area contributed by atoms with Gasteiger partial charge in [0, 0.05) is 54.9 Å². The third-order valence-corrected chi connectivity index (χ3v) is 9.49. The smallest absolute Gasteiger partial charge is 0.318 e. The summed E-state index contributed by atoms with van der Waals surface area (Å²) < 4.78 is 6.36. The van der Waals surface area contributed by atoms with Gasteiger partial charge in [-0.1, -0.05) is 56.2 Å². The molecule has 222 valence electrons. The largest absolute Gasteiger partial charge is 0.462 e. The molecular formula is C34H45N7O. The van der Waals surface area contributed by atoms with Gasteiger partial charge in [0.15, 0.2) is 0 Å². The van der Waals surface area contributed by atoms with Crippen LogP contribution in [0.1, 0.15) is 56.7 Å². The fourth-order valence-electron chi connectivity index (χ4n) is 7.01. The lowest BCUT2D eigenvalue weighted by molar-refractivity contribution is 0.173. The van der Waals surface area contributed by atoms with Crippen LogP contribution in [0.4, 0.5) is 11.5 Å². The predicted molar refractivity (Wildman–Crippen MR) is 169 cm³/mol. The van der Waals surface area contributed by atoms with E-state index in [-0.39, 0.29) is 6.04 Å². The van der Waals surface area contributed by atoms with E-state index < -0.39 is 0 Å². The molecule has 4 heterocycles. The van der Waals surface area contributed by atoms with Crippen LogP contribution in [0.3, 0.4) is 0 Å². The number of hydrogen-bond acceptors (Lipinski definition) is 8. The van der Waals surface area contributed by atoms with Crippen LogP contribution >= 0.6 is 0 Å². The van der Waals surface area contributed by atoms with Crippen LogP contribution in [0.15, 0.2) is 42.5 Å². The molecule has 2 fully saturated rings. The summed E-state index contributed by atoms with van der Waals surface area (Å²) in [5, 5.41) is 12.2. The molecule has 8 nitrogen and oxygen atoms in total. The maximum Gasteiger partial charge on any atom is 0.318 e. The standard InChI is InChI=1S/C34H45N7O/c1-3-4-7-19-39-21-22-41(23-27(39)15-17-35)33-30-16-20-40(32-14-8-11-26-10-5-6-13-29(26)32)24-31(30)36-34(37-33)42-25-28-12-9-18-38(28)2/h5-6,8,10-11,13-14,27-28H,3-4,7,9,12,15-16,18-25H2,1-2H3. The van der Waals surface area contributed by atoms with E-state index in [4.69, 9.17) is 14.7 Å². The van der Waals surface area contributed by atoms with Gasteiger partial charge >= 0.3 is 6.01 Å². The fourth-order valence-corrected chi connectivity index (χ4v) is 7.01. The van der Waals surface area contributed by atoms with E-state index in [1.807, 2.05) is 0 Å². The van der Waals surface area contributed by atoms with E-state index in [2.05, 4.69) is 82.1 Å². The van der Waals surface area contributed by atoms with Gasteiger partial charge in [-0.3, -0.25) is 4.90 Å². The zero-order valence-electron chi connectivity index (χ0n) is 25.3. The van der Waals surface area contributed by atoms with Crippen molar-refractivity contribution in [3.8, 4) is 12.1 Å². The second-order valence-corrected chi connectivity index (χ2v) is 12.2. The minimum atomic E-state index is 0.221. The number of benzene rings is 2. The SMILES string of the molecule is CCCCCN1CCN(c2nc(OCC3CCCN3C)nc3c2CCN(c2cccc4ccccc24)C3)CC1CC#N. The highest BCUT2D eigenvalue weighted by Crippen LogP contribution is 2.35. The van der Waals surface area contributed by atoms with Crippen molar-refractivity contribution in [1.29, 1.82) is 5.26 Å². The Bertz CT molecular complexity index is 1400. The first-order valence-corrected chi connectivity index (χ1v) is 16.0. The van der Waals surface area contributed by atoms with Crippen molar-refractivity contribution in [2.45, 2.75) is 70.5 Å². The van der Waals surface area contributed by atoms with Crippen molar-refractivity contribution in [2.75, 3.05) is 62.7 Å². The van der Waals surface area contributed by atoms with E-state index in [1.165, 1.54) is 47.7 Å². The summed E-state index contributed by atoms with van der Waals surface area (Å²) in [6.07, 6.45) is 7.44. The van der Waals surface area contributed by atoms with Crippen LogP contribution < -0.4 is 14.5 Å². The van der Waals surface area contributed by atoms with Crippen molar-refractivity contribution >= 4 is 22.3 Å². The average Bonchev–Trinajstić information content (AvgIpc) is 3.44. The van der Waals surface area contributed by atoms with Gasteiger partial charge in [0.05, 0.1) is 24.7 Å². The van der Waals surface area contributed by atoms with Gasteiger partial charge in [0.25, 0.3) is 0 Å². The van der Waals surface area contributed by atoms with Gasteiger partial charge in [-0.05, 0) is 57.3 Å². The summed E-state index contributed by atoms with van der Waals surface area (Å²) in [5.74, 6) is 1.02. The van der Waals surface area contributed by atoms with Crippen molar-refractivity contribution in [3.05, 3.63) is 53.7 Å². The summed E-state index contributed by atoms with van der Waals surface area (Å²) in [5.41, 5.74) is 3.56. The lowest BCUT2D eigenvalue weighted by Gasteiger charge is -2.42. The van der Waals surface area contributed by atoms with Crippen molar-refractivity contribution in [3.63, 3.8) is 0 Å². The molecule has 0 spiro atoms. The number of aromatic nitrogens is 2. The highest BCUT2D eigenvalue weighted by Gasteiger charge is 2.32. The normalized spacial score (nSPS) is 21.5. The minimum absolute atomic E-state index is 0.221. The fraction of sp³-hybridized carbons (Fsp3) is 0.559. The van der Waals surface area contributed by atoms with Crippen molar-refractivity contribution in [2.24, 2.45) is 0 Å². The second-order valence-electron chi connectivity index (χ2n) is 12.2. The monoisotopic (exact) mass is 567 g/mol. The Balaban J connectivity index is 1.29. The van der Waals surface area contributed by atoms with Crippen LogP contribution in [0.5, 0.6) is 6.01 Å². The molecule has 6 rings (SSSR count). The summed E-state index contributed by atoms with van der Waals surface area (Å²) in [6, 6.07) is 18.8. The number of likely N-dealkylation sites (tertiary alicyclic amines) is 1. The molecule has 0 radical (unpaired) electrons. The molecular weight excluding hydrogens is 522 g/mol. The van der Waals surface area contributed by atoms with Crippen LogP contribution in [0, 0.1) is 11.3 Å². The van der Waals surface area contributed by atoms with Gasteiger partial charge in [0.2, 0.25) is 0 Å². The second kappa shape index (κ2) is 13.3. The molecule has 0 amide bonds. The first-order chi connectivity index (χ1) is 20.6. The number of hydrogen-bond donors (Lipinski definition) is 0. The lowest BCUT2D eigenvalue weighted by atomic mass is 10.0. The summed E-state index contributed by atoms with van der Waals surface area (Å²) in [6.45, 7) is 9.39. The highest BCUT2D eigenvalue weighted by molar-refractivity contribution is 5.94. The van der Waals surface area contributed by atoms with Crippen LogP contribution in [-0.2, 0) is 13.0 Å². The Morgan fingerprint density at radius 3 is 2.69 bits per heavy atom. The number of nitriles is 1. The number of piperazine rings is 1. The summed E-state index contributed by atoms with van der Waals surface area (Å²) in [4.78, 5) is 19.9. The maximum atomic E-state index is 9.66. The third kappa shape index (κ3) is 6.18. The van der Waals surface area contributed by atoms with Gasteiger partial charge in [-0.2, -0.15) is 15.2 Å². The molecule has 2 saturated heterocycles.